The van der Waals surface area contributed by atoms with E-state index in [1.165, 1.54) is 5.51 Å². The van der Waals surface area contributed by atoms with Crippen LogP contribution < -0.4 is 5.32 Å². The van der Waals surface area contributed by atoms with Crippen LogP contribution in [0.5, 0.6) is 0 Å². The molecule has 0 radical (unpaired) electrons. The Hall–Kier alpha value is -1.11. The average molecular weight is 221 g/mol. The molecule has 0 saturated heterocycles. The molecule has 1 amide bonds. The summed E-state index contributed by atoms with van der Waals surface area (Å²) in [6.07, 6.45) is 0. The Morgan fingerprint density at radius 2 is 2.36 bits per heavy atom. The second-order valence-corrected chi connectivity index (χ2v) is 3.74. The number of rotatable bonds is 3. The minimum absolute atomic E-state index is 0.228. The summed E-state index contributed by atoms with van der Waals surface area (Å²) < 4.78 is 25.4. The molecule has 1 rings (SSSR count). The first-order valence-corrected chi connectivity index (χ1v) is 4.74. The van der Waals surface area contributed by atoms with Gasteiger partial charge in [-0.05, 0) is 6.92 Å². The number of hydrogen-bond donors (Lipinski definition) is 1. The fourth-order valence-electron chi connectivity index (χ4n) is 0.671. The lowest BCUT2D eigenvalue weighted by Gasteiger charge is -2.17. The lowest BCUT2D eigenvalue weighted by Crippen LogP contribution is -2.33. The van der Waals surface area contributed by atoms with E-state index in [0.717, 1.165) is 18.3 Å². The van der Waals surface area contributed by atoms with E-state index in [1.54, 1.807) is 0 Å². The molecule has 0 aliphatic heterocycles. The van der Waals surface area contributed by atoms with E-state index in [0.29, 0.717) is 6.92 Å². The third-order valence-corrected chi connectivity index (χ3v) is 2.35. The summed E-state index contributed by atoms with van der Waals surface area (Å²) in [5.41, 5.74) is 1.41. The van der Waals surface area contributed by atoms with Gasteiger partial charge < -0.3 is 5.32 Å². The molecule has 4 nitrogen and oxygen atoms in total. The third kappa shape index (κ3) is 2.69. The van der Waals surface area contributed by atoms with Crippen molar-refractivity contribution in [1.29, 1.82) is 0 Å². The topological polar surface area (TPSA) is 54.9 Å². The van der Waals surface area contributed by atoms with Crippen molar-refractivity contribution in [3.63, 3.8) is 0 Å². The second kappa shape index (κ2) is 3.95. The van der Waals surface area contributed by atoms with E-state index >= 15 is 0 Å². The molecule has 0 spiro atoms. The highest BCUT2D eigenvalue weighted by Gasteiger charge is 2.36. The Kier molecular flexibility index (Phi) is 3.10. The summed E-state index contributed by atoms with van der Waals surface area (Å²) >= 11 is 1.08. The van der Waals surface area contributed by atoms with Crippen molar-refractivity contribution in [2.75, 3.05) is 5.32 Å². The minimum atomic E-state index is -3.03. The van der Waals surface area contributed by atoms with E-state index in [4.69, 9.17) is 0 Å². The number of halogens is 2. The minimum Gasteiger partial charge on any atom is -0.300 e. The molecule has 0 aromatic carbocycles. The number of nitrogens with zero attached hydrogens (tertiary/aromatic N) is 2. The molecule has 1 atom stereocenters. The number of nitrogens with one attached hydrogen (secondary N) is 1. The molecular formula is C7H9F2N3OS. The summed E-state index contributed by atoms with van der Waals surface area (Å²) in [5, 5.41) is 9.46. The van der Waals surface area contributed by atoms with Crippen LogP contribution in [0.1, 0.15) is 13.8 Å². The Bertz CT molecular complexity index is 309. The molecule has 1 heterocycles. The van der Waals surface area contributed by atoms with Crippen LogP contribution in [-0.2, 0) is 4.79 Å². The summed E-state index contributed by atoms with van der Waals surface area (Å²) in [5.74, 6) is -5.17. The van der Waals surface area contributed by atoms with Crippen molar-refractivity contribution in [1.82, 2.24) is 10.2 Å². The maximum Gasteiger partial charge on any atom is 0.256 e. The van der Waals surface area contributed by atoms with Gasteiger partial charge in [-0.1, -0.05) is 11.3 Å². The van der Waals surface area contributed by atoms with Gasteiger partial charge in [-0.3, -0.25) is 4.79 Å². The quantitative estimate of drug-likeness (QED) is 0.846. The number of aromatic nitrogens is 2. The largest absolute Gasteiger partial charge is 0.300 e. The maximum atomic E-state index is 12.7. The monoisotopic (exact) mass is 221 g/mol. The van der Waals surface area contributed by atoms with Crippen LogP contribution in [0.2, 0.25) is 0 Å². The SMILES string of the molecule is CC(C(=O)Nc1nncs1)C(C)(F)F. The van der Waals surface area contributed by atoms with Crippen molar-refractivity contribution < 1.29 is 13.6 Å². The first-order chi connectivity index (χ1) is 6.41. The second-order valence-electron chi connectivity index (χ2n) is 2.91. The van der Waals surface area contributed by atoms with Crippen molar-refractivity contribution >= 4 is 22.4 Å². The molecule has 1 N–H and O–H groups in total. The van der Waals surface area contributed by atoms with E-state index in [2.05, 4.69) is 15.5 Å². The zero-order valence-corrected chi connectivity index (χ0v) is 8.44. The Morgan fingerprint density at radius 3 is 2.79 bits per heavy atom. The number of carbonyl (C=O) groups excluding carboxylic acids is 1. The van der Waals surface area contributed by atoms with Gasteiger partial charge in [0.15, 0.2) is 0 Å². The molecule has 1 aromatic rings. The molecule has 7 heteroatoms. The summed E-state index contributed by atoms with van der Waals surface area (Å²) in [6, 6.07) is 0. The first-order valence-electron chi connectivity index (χ1n) is 3.86. The normalized spacial score (nSPS) is 13.7. The number of carbonyl (C=O) groups is 1. The molecule has 1 aromatic heterocycles. The van der Waals surface area contributed by atoms with Gasteiger partial charge >= 0.3 is 0 Å². The molecule has 0 saturated carbocycles. The van der Waals surface area contributed by atoms with E-state index in [9.17, 15) is 13.6 Å². The van der Waals surface area contributed by atoms with E-state index < -0.39 is 17.7 Å². The highest BCUT2D eigenvalue weighted by molar-refractivity contribution is 7.13. The maximum absolute atomic E-state index is 12.7. The highest BCUT2D eigenvalue weighted by atomic mass is 32.1. The fourth-order valence-corrected chi connectivity index (χ4v) is 1.12. The first kappa shape index (κ1) is 11.0. The highest BCUT2D eigenvalue weighted by Crippen LogP contribution is 2.24. The fraction of sp³-hybridized carbons (Fsp3) is 0.571. The van der Waals surface area contributed by atoms with Crippen LogP contribution in [0, 0.1) is 5.92 Å². The van der Waals surface area contributed by atoms with Crippen LogP contribution in [0.15, 0.2) is 5.51 Å². The van der Waals surface area contributed by atoms with Gasteiger partial charge in [0.1, 0.15) is 5.51 Å². The lowest BCUT2D eigenvalue weighted by molar-refractivity contribution is -0.130. The third-order valence-electron chi connectivity index (χ3n) is 1.74. The van der Waals surface area contributed by atoms with Gasteiger partial charge in [0.25, 0.3) is 5.92 Å². The van der Waals surface area contributed by atoms with E-state index in [-0.39, 0.29) is 5.13 Å². The molecule has 14 heavy (non-hydrogen) atoms. The standard InChI is InChI=1S/C7H9F2N3OS/c1-4(7(2,8)9)5(13)11-6-12-10-3-14-6/h3-4H,1-2H3,(H,11,12,13). The molecule has 0 aliphatic rings. The molecule has 0 aliphatic carbocycles. The van der Waals surface area contributed by atoms with Crippen LogP contribution in [0.25, 0.3) is 0 Å². The van der Waals surface area contributed by atoms with Gasteiger partial charge in [0, 0.05) is 6.92 Å². The predicted molar refractivity (Wildman–Crippen MR) is 48.3 cm³/mol. The number of hydrogen-bond acceptors (Lipinski definition) is 4. The van der Waals surface area contributed by atoms with Crippen LogP contribution in [-0.4, -0.2) is 22.0 Å². The summed E-state index contributed by atoms with van der Waals surface area (Å²) in [4.78, 5) is 11.2. The molecule has 0 fully saturated rings. The molecule has 1 unspecified atom stereocenters. The smallest absolute Gasteiger partial charge is 0.256 e. The average Bonchev–Trinajstić information content (AvgIpc) is 2.53. The molecular weight excluding hydrogens is 212 g/mol. The van der Waals surface area contributed by atoms with Crippen molar-refractivity contribution in [2.45, 2.75) is 19.8 Å². The zero-order valence-electron chi connectivity index (χ0n) is 7.62. The number of anilines is 1. The zero-order chi connectivity index (χ0) is 10.8. The predicted octanol–water partition coefficient (Wildman–Crippen LogP) is 1.77. The van der Waals surface area contributed by atoms with Crippen LogP contribution in [0.4, 0.5) is 13.9 Å². The van der Waals surface area contributed by atoms with Gasteiger partial charge in [-0.15, -0.1) is 10.2 Å². The van der Waals surface area contributed by atoms with Crippen molar-refractivity contribution in [3.8, 4) is 0 Å². The van der Waals surface area contributed by atoms with Gasteiger partial charge in [0.05, 0.1) is 5.92 Å². The Balaban J connectivity index is 2.59. The summed E-state index contributed by atoms with van der Waals surface area (Å²) in [7, 11) is 0. The van der Waals surface area contributed by atoms with Crippen LogP contribution >= 0.6 is 11.3 Å². The number of alkyl halides is 2. The van der Waals surface area contributed by atoms with E-state index in [1.807, 2.05) is 0 Å². The summed E-state index contributed by atoms with van der Waals surface area (Å²) in [6.45, 7) is 1.87. The molecule has 78 valence electrons. The van der Waals surface area contributed by atoms with Gasteiger partial charge in [0.2, 0.25) is 11.0 Å². The van der Waals surface area contributed by atoms with Crippen molar-refractivity contribution in [2.24, 2.45) is 5.92 Å². The van der Waals surface area contributed by atoms with Gasteiger partial charge in [-0.25, -0.2) is 8.78 Å². The van der Waals surface area contributed by atoms with Crippen molar-refractivity contribution in [3.05, 3.63) is 5.51 Å². The Labute approximate surface area is 83.3 Å². The Morgan fingerprint density at radius 1 is 1.71 bits per heavy atom. The lowest BCUT2D eigenvalue weighted by atomic mass is 10.1. The molecule has 0 bridgehead atoms. The number of amides is 1. The van der Waals surface area contributed by atoms with Crippen LogP contribution in [0.3, 0.4) is 0 Å². The van der Waals surface area contributed by atoms with Gasteiger partial charge in [-0.2, -0.15) is 0 Å².